The molecule has 0 saturated carbocycles. The molecule has 17 heavy (non-hydrogen) atoms. The van der Waals surface area contributed by atoms with Gasteiger partial charge < -0.3 is 5.11 Å². The van der Waals surface area contributed by atoms with Crippen LogP contribution in [-0.4, -0.2) is 11.1 Å². The van der Waals surface area contributed by atoms with Gasteiger partial charge in [-0.05, 0) is 29.9 Å². The monoisotopic (exact) mass is 230 g/mol. The minimum Gasteiger partial charge on any atom is -0.472 e. The minimum absolute atomic E-state index is 0.540. The highest BCUT2D eigenvalue weighted by atomic mass is 16.4. The fourth-order valence-electron chi connectivity index (χ4n) is 1.80. The molecule has 1 N–H and O–H groups in total. The van der Waals surface area contributed by atoms with Gasteiger partial charge in [-0.2, -0.15) is 0 Å². The van der Waals surface area contributed by atoms with Crippen LogP contribution in [0.5, 0.6) is 0 Å². The maximum Gasteiger partial charge on any atom is 0.381 e. The first-order chi connectivity index (χ1) is 8.15. The molecule has 0 radical (unpaired) electrons. The average Bonchev–Trinajstić information content (AvgIpc) is 2.34. The van der Waals surface area contributed by atoms with Crippen LogP contribution in [0, 0.1) is 11.8 Å². The molecule has 1 aromatic rings. The molecular weight excluding hydrogens is 212 g/mol. The minimum atomic E-state index is -1.06. The molecule has 0 aliphatic carbocycles. The molecule has 0 heterocycles. The number of carbonyl (C=O) groups is 1. The zero-order valence-electron chi connectivity index (χ0n) is 10.4. The van der Waals surface area contributed by atoms with Crippen LogP contribution in [0.3, 0.4) is 0 Å². The Kier molecular flexibility index (Phi) is 5.29. The molecule has 0 aliphatic heterocycles. The van der Waals surface area contributed by atoms with Crippen molar-refractivity contribution in [3.63, 3.8) is 0 Å². The molecule has 0 aromatic heterocycles. The van der Waals surface area contributed by atoms with Gasteiger partial charge in [-0.1, -0.05) is 44.0 Å². The Bertz CT molecular complexity index is 438. The van der Waals surface area contributed by atoms with Crippen LogP contribution >= 0.6 is 0 Å². The summed E-state index contributed by atoms with van der Waals surface area (Å²) < 4.78 is 0. The average molecular weight is 230 g/mol. The van der Waals surface area contributed by atoms with Gasteiger partial charge in [-0.3, -0.25) is 0 Å². The molecule has 90 valence electrons. The summed E-state index contributed by atoms with van der Waals surface area (Å²) in [4.78, 5) is 10.3. The lowest BCUT2D eigenvalue weighted by Crippen LogP contribution is -1.98. The van der Waals surface area contributed by atoms with Crippen molar-refractivity contribution < 1.29 is 9.90 Å². The van der Waals surface area contributed by atoms with Crippen LogP contribution < -0.4 is 0 Å². The van der Waals surface area contributed by atoms with Crippen molar-refractivity contribution in [2.75, 3.05) is 0 Å². The number of carboxylic acid groups (broad SMARTS) is 1. The van der Waals surface area contributed by atoms with Crippen molar-refractivity contribution in [1.82, 2.24) is 0 Å². The second kappa shape index (κ2) is 6.75. The highest BCUT2D eigenvalue weighted by Gasteiger charge is 2.07. The zero-order chi connectivity index (χ0) is 12.7. The predicted octanol–water partition coefficient (Wildman–Crippen LogP) is 3.22. The summed E-state index contributed by atoms with van der Waals surface area (Å²) in [7, 11) is 0. The number of carboxylic acids is 1. The molecule has 2 nitrogen and oxygen atoms in total. The standard InChI is InChI=1S/C15H18O2/c1-3-12(2)14-10-6-4-8-13(14)9-5-7-11-15(16)17/h4,6,8,10,12H,3,5,9H2,1-2H3,(H,16,17). The van der Waals surface area contributed by atoms with Crippen molar-refractivity contribution in [3.8, 4) is 11.8 Å². The number of benzene rings is 1. The summed E-state index contributed by atoms with van der Waals surface area (Å²) in [6.45, 7) is 4.38. The van der Waals surface area contributed by atoms with Crippen LogP contribution in [-0.2, 0) is 11.2 Å². The van der Waals surface area contributed by atoms with E-state index >= 15 is 0 Å². The smallest absolute Gasteiger partial charge is 0.381 e. The van der Waals surface area contributed by atoms with Crippen LogP contribution in [0.25, 0.3) is 0 Å². The van der Waals surface area contributed by atoms with Gasteiger partial charge in [0.05, 0.1) is 0 Å². The zero-order valence-corrected chi connectivity index (χ0v) is 10.4. The van der Waals surface area contributed by atoms with Gasteiger partial charge >= 0.3 is 5.97 Å². The Morgan fingerprint density at radius 1 is 1.41 bits per heavy atom. The fraction of sp³-hybridized carbons (Fsp3) is 0.400. The van der Waals surface area contributed by atoms with Crippen LogP contribution in [0.4, 0.5) is 0 Å². The second-order valence-corrected chi connectivity index (χ2v) is 4.12. The van der Waals surface area contributed by atoms with E-state index in [0.717, 1.165) is 12.8 Å². The molecule has 0 saturated heterocycles. The third-order valence-electron chi connectivity index (χ3n) is 2.91. The van der Waals surface area contributed by atoms with Gasteiger partial charge in [-0.15, -0.1) is 0 Å². The molecule has 1 unspecified atom stereocenters. The van der Waals surface area contributed by atoms with E-state index in [0.29, 0.717) is 12.3 Å². The number of hydrogen-bond donors (Lipinski definition) is 1. The van der Waals surface area contributed by atoms with Crippen LogP contribution in [0.2, 0.25) is 0 Å². The number of rotatable bonds is 4. The lowest BCUT2D eigenvalue weighted by Gasteiger charge is -2.13. The lowest BCUT2D eigenvalue weighted by atomic mass is 9.92. The van der Waals surface area contributed by atoms with E-state index in [1.807, 2.05) is 12.1 Å². The molecule has 1 atom stereocenters. The fourth-order valence-corrected chi connectivity index (χ4v) is 1.80. The van der Waals surface area contributed by atoms with Crippen LogP contribution in [0.1, 0.15) is 43.7 Å². The van der Waals surface area contributed by atoms with Gasteiger partial charge in [0.15, 0.2) is 0 Å². The summed E-state index contributed by atoms with van der Waals surface area (Å²) in [6, 6.07) is 8.32. The first kappa shape index (κ1) is 13.3. The van der Waals surface area contributed by atoms with Crippen molar-refractivity contribution in [3.05, 3.63) is 35.4 Å². The van der Waals surface area contributed by atoms with E-state index in [1.54, 1.807) is 0 Å². The normalized spacial score (nSPS) is 11.4. The summed E-state index contributed by atoms with van der Waals surface area (Å²) in [5, 5.41) is 8.42. The molecule has 1 rings (SSSR count). The molecule has 0 amide bonds. The quantitative estimate of drug-likeness (QED) is 0.806. The van der Waals surface area contributed by atoms with Crippen LogP contribution in [0.15, 0.2) is 24.3 Å². The van der Waals surface area contributed by atoms with E-state index in [2.05, 4.69) is 37.8 Å². The molecule has 2 heteroatoms. The number of hydrogen-bond acceptors (Lipinski definition) is 1. The van der Waals surface area contributed by atoms with Gasteiger partial charge in [-0.25, -0.2) is 4.79 Å². The van der Waals surface area contributed by atoms with E-state index in [1.165, 1.54) is 11.1 Å². The number of aryl methyl sites for hydroxylation is 1. The van der Waals surface area contributed by atoms with E-state index in [9.17, 15) is 4.79 Å². The van der Waals surface area contributed by atoms with Gasteiger partial charge in [0.1, 0.15) is 0 Å². The largest absolute Gasteiger partial charge is 0.472 e. The molecule has 0 bridgehead atoms. The molecular formula is C15H18O2. The number of aliphatic carboxylic acids is 1. The SMILES string of the molecule is CCC(C)c1ccccc1CCC#CC(=O)O. The van der Waals surface area contributed by atoms with Gasteiger partial charge in [0.25, 0.3) is 0 Å². The third kappa shape index (κ3) is 4.32. The summed E-state index contributed by atoms with van der Waals surface area (Å²) in [6.07, 6.45) is 2.53. The van der Waals surface area contributed by atoms with Crippen molar-refractivity contribution in [2.45, 2.75) is 39.0 Å². The lowest BCUT2D eigenvalue weighted by molar-refractivity contribution is -0.130. The second-order valence-electron chi connectivity index (χ2n) is 4.12. The molecule has 0 fully saturated rings. The topological polar surface area (TPSA) is 37.3 Å². The first-order valence-electron chi connectivity index (χ1n) is 5.94. The Morgan fingerprint density at radius 3 is 2.76 bits per heavy atom. The Balaban J connectivity index is 2.71. The van der Waals surface area contributed by atoms with E-state index in [-0.39, 0.29) is 0 Å². The Hall–Kier alpha value is -1.75. The maximum absolute atomic E-state index is 10.3. The molecule has 0 spiro atoms. The maximum atomic E-state index is 10.3. The summed E-state index contributed by atoms with van der Waals surface area (Å²) >= 11 is 0. The predicted molar refractivity (Wildman–Crippen MR) is 68.9 cm³/mol. The van der Waals surface area contributed by atoms with Crippen molar-refractivity contribution in [2.24, 2.45) is 0 Å². The first-order valence-corrected chi connectivity index (χ1v) is 5.94. The van der Waals surface area contributed by atoms with Gasteiger partial charge in [0.2, 0.25) is 0 Å². The Morgan fingerprint density at radius 2 is 2.12 bits per heavy atom. The summed E-state index contributed by atoms with van der Waals surface area (Å²) in [5.41, 5.74) is 2.63. The molecule has 1 aromatic carbocycles. The van der Waals surface area contributed by atoms with E-state index in [4.69, 9.17) is 5.11 Å². The third-order valence-corrected chi connectivity index (χ3v) is 2.91. The van der Waals surface area contributed by atoms with E-state index < -0.39 is 5.97 Å². The summed E-state index contributed by atoms with van der Waals surface area (Å²) in [5.74, 6) is 4.30. The van der Waals surface area contributed by atoms with Crippen molar-refractivity contribution >= 4 is 5.97 Å². The highest BCUT2D eigenvalue weighted by molar-refractivity contribution is 5.86. The van der Waals surface area contributed by atoms with Crippen molar-refractivity contribution in [1.29, 1.82) is 0 Å². The van der Waals surface area contributed by atoms with Gasteiger partial charge in [0, 0.05) is 12.3 Å². The highest BCUT2D eigenvalue weighted by Crippen LogP contribution is 2.23. The molecule has 0 aliphatic rings. The Labute approximate surface area is 103 Å².